The number of hydrogen-bond donors (Lipinski definition) is 1. The van der Waals surface area contributed by atoms with Crippen LogP contribution in [0, 0.1) is 24.6 Å². The molecule has 2 unspecified atom stereocenters. The van der Waals surface area contributed by atoms with E-state index in [-0.39, 0.29) is 50.5 Å². The van der Waals surface area contributed by atoms with Crippen LogP contribution in [-0.4, -0.2) is 63.4 Å². The number of nitrogens with zero attached hydrogens (tertiary/aromatic N) is 4. The third-order valence-electron chi connectivity index (χ3n) is 8.49. The highest BCUT2D eigenvalue weighted by atomic mass is 32.1. The lowest BCUT2D eigenvalue weighted by atomic mass is 9.92. The van der Waals surface area contributed by atoms with Crippen molar-refractivity contribution in [1.29, 1.82) is 0 Å². The van der Waals surface area contributed by atoms with Crippen LogP contribution in [0.15, 0.2) is 18.2 Å². The number of piperazine rings is 1. The number of benzene rings is 2. The van der Waals surface area contributed by atoms with Crippen LogP contribution < -0.4 is 10.2 Å². The molecule has 2 atom stereocenters. The van der Waals surface area contributed by atoms with E-state index in [1.54, 1.807) is 51.3 Å². The summed E-state index contributed by atoms with van der Waals surface area (Å²) in [6.07, 6.45) is -6.75. The number of rotatable bonds is 3. The predicted octanol–water partition coefficient (Wildman–Crippen LogP) is 9.19. The first-order valence-electron chi connectivity index (χ1n) is 15.9. The van der Waals surface area contributed by atoms with Gasteiger partial charge in [0.2, 0.25) is 0 Å². The summed E-state index contributed by atoms with van der Waals surface area (Å²) in [5, 5.41) is 2.14. The van der Waals surface area contributed by atoms with Gasteiger partial charge in [-0.15, -0.1) is 11.3 Å². The number of thiophene rings is 1. The third kappa shape index (κ3) is 6.61. The molecule has 0 saturated carbocycles. The Labute approximate surface area is 287 Å². The van der Waals surface area contributed by atoms with E-state index in [2.05, 4.69) is 15.3 Å². The molecule has 9 nitrogen and oxygen atoms in total. The number of alkyl halides is 3. The van der Waals surface area contributed by atoms with Crippen LogP contribution in [0.5, 0.6) is 0 Å². The Morgan fingerprint density at radius 2 is 1.56 bits per heavy atom. The largest absolute Gasteiger partial charge is 0.444 e. The van der Waals surface area contributed by atoms with Crippen molar-refractivity contribution in [3.8, 4) is 11.1 Å². The molecule has 1 N–H and O–H groups in total. The first-order valence-corrected chi connectivity index (χ1v) is 16.7. The molecule has 4 aromatic rings. The van der Waals surface area contributed by atoms with Crippen molar-refractivity contribution in [3.05, 3.63) is 47.0 Å². The highest BCUT2D eigenvalue weighted by Gasteiger charge is 2.46. The van der Waals surface area contributed by atoms with E-state index in [0.29, 0.717) is 18.9 Å². The summed E-state index contributed by atoms with van der Waals surface area (Å²) in [4.78, 5) is 36.1. The van der Waals surface area contributed by atoms with E-state index in [4.69, 9.17) is 9.47 Å². The Hall–Kier alpha value is -4.34. The van der Waals surface area contributed by atoms with E-state index in [1.165, 1.54) is 6.92 Å². The molecule has 268 valence electrons. The molecule has 2 aliphatic heterocycles. The number of nitrogens with one attached hydrogen (secondary N) is 1. The van der Waals surface area contributed by atoms with Gasteiger partial charge in [-0.2, -0.15) is 27.5 Å². The van der Waals surface area contributed by atoms with Crippen molar-refractivity contribution in [2.24, 2.45) is 0 Å². The normalized spacial score (nSPS) is 18.3. The SMILES string of the molecule is Cc1c(NC(=O)OC(C)(C)C)sc2c(F)ccc(-c3c(C(F)(F)F)cc4c(N5CC6CCC(C5)N6C(=O)OC(C)(C)C)nc(F)nc4c3F)c12. The molecule has 2 bridgehead atoms. The lowest BCUT2D eigenvalue weighted by Gasteiger charge is -2.42. The van der Waals surface area contributed by atoms with Crippen LogP contribution in [0.2, 0.25) is 0 Å². The molecule has 4 heterocycles. The van der Waals surface area contributed by atoms with Crippen molar-refractivity contribution < 1.29 is 45.4 Å². The number of amides is 2. The maximum absolute atomic E-state index is 16.7. The van der Waals surface area contributed by atoms with Gasteiger partial charge < -0.3 is 14.4 Å². The molecular weight excluding hydrogens is 688 g/mol. The van der Waals surface area contributed by atoms with Crippen LogP contribution in [-0.2, 0) is 15.7 Å². The summed E-state index contributed by atoms with van der Waals surface area (Å²) in [6, 6.07) is 1.79. The zero-order chi connectivity index (χ0) is 36.7. The first-order chi connectivity index (χ1) is 23.1. The molecule has 6 rings (SSSR count). The number of aromatic nitrogens is 2. The van der Waals surface area contributed by atoms with E-state index in [9.17, 15) is 22.8 Å². The topological polar surface area (TPSA) is 96.9 Å². The predicted molar refractivity (Wildman–Crippen MR) is 177 cm³/mol. The molecule has 0 radical (unpaired) electrons. The monoisotopic (exact) mass is 723 g/mol. The summed E-state index contributed by atoms with van der Waals surface area (Å²) in [5.41, 5.74) is -4.85. The van der Waals surface area contributed by atoms with Crippen molar-refractivity contribution in [3.63, 3.8) is 0 Å². The highest BCUT2D eigenvalue weighted by Crippen LogP contribution is 2.48. The number of ether oxygens (including phenoxy) is 2. The minimum atomic E-state index is -5.13. The zero-order valence-electron chi connectivity index (χ0n) is 28.3. The Morgan fingerprint density at radius 3 is 2.14 bits per heavy atom. The Kier molecular flexibility index (Phi) is 8.63. The van der Waals surface area contributed by atoms with Gasteiger partial charge in [0, 0.05) is 29.4 Å². The van der Waals surface area contributed by atoms with Crippen molar-refractivity contribution in [1.82, 2.24) is 14.9 Å². The Morgan fingerprint density at radius 1 is 0.940 bits per heavy atom. The van der Waals surface area contributed by atoms with E-state index >= 15 is 13.2 Å². The third-order valence-corrected chi connectivity index (χ3v) is 9.70. The maximum Gasteiger partial charge on any atom is 0.417 e. The van der Waals surface area contributed by atoms with Gasteiger partial charge in [-0.25, -0.2) is 18.4 Å². The summed E-state index contributed by atoms with van der Waals surface area (Å²) in [6.45, 7) is 11.7. The molecule has 0 spiro atoms. The maximum atomic E-state index is 16.7. The zero-order valence-corrected chi connectivity index (χ0v) is 29.1. The molecule has 2 fully saturated rings. The van der Waals surface area contributed by atoms with Crippen molar-refractivity contribution >= 4 is 55.3 Å². The molecule has 50 heavy (non-hydrogen) atoms. The van der Waals surface area contributed by atoms with Gasteiger partial charge in [-0.3, -0.25) is 10.2 Å². The van der Waals surface area contributed by atoms with Gasteiger partial charge in [0.15, 0.2) is 5.82 Å². The number of aryl methyl sites for hydroxylation is 1. The average molecular weight is 724 g/mol. The number of halogens is 6. The smallest absolute Gasteiger partial charge is 0.417 e. The second kappa shape index (κ2) is 12.2. The number of fused-ring (bicyclic) bond motifs is 4. The fourth-order valence-electron chi connectivity index (χ4n) is 6.65. The van der Waals surface area contributed by atoms with Crippen LogP contribution in [0.4, 0.5) is 46.8 Å². The fourth-order valence-corrected chi connectivity index (χ4v) is 7.77. The van der Waals surface area contributed by atoms with Gasteiger partial charge in [-0.05, 0) is 84.6 Å². The summed E-state index contributed by atoms with van der Waals surface area (Å²) < 4.78 is 102. The molecule has 2 aliphatic rings. The molecular formula is C34H35F6N5O4S. The lowest BCUT2D eigenvalue weighted by Crippen LogP contribution is -2.57. The second-order valence-electron chi connectivity index (χ2n) is 14.5. The summed E-state index contributed by atoms with van der Waals surface area (Å²) in [7, 11) is 0. The Balaban J connectivity index is 1.48. The quantitative estimate of drug-likeness (QED) is 0.166. The van der Waals surface area contributed by atoms with Gasteiger partial charge in [0.05, 0.1) is 22.3 Å². The standard InChI is InChI=1S/C34H35F6N5O4S/c1-15-22-18(10-11-21(35)26(22)50-28(15)43-30(46)48-32(2,3)4)23-20(34(38,39)40)12-19-25(24(23)36)41-29(37)42-27(19)44-13-16-8-9-17(14-44)45(16)31(47)49-33(5,6)7/h10-12,16-17H,8-9,13-14H2,1-7H3,(H,43,46). The summed E-state index contributed by atoms with van der Waals surface area (Å²) >= 11 is 0.752. The van der Waals surface area contributed by atoms with Gasteiger partial charge in [0.1, 0.15) is 33.4 Å². The van der Waals surface area contributed by atoms with Gasteiger partial charge >= 0.3 is 24.4 Å². The van der Waals surface area contributed by atoms with E-state index in [1.807, 2.05) is 0 Å². The summed E-state index contributed by atoms with van der Waals surface area (Å²) in [5.74, 6) is -2.53. The molecule has 2 saturated heterocycles. The fraction of sp³-hybridized carbons (Fsp3) is 0.471. The van der Waals surface area contributed by atoms with Gasteiger partial charge in [-0.1, -0.05) is 6.07 Å². The van der Waals surface area contributed by atoms with E-state index < -0.39 is 76.0 Å². The number of anilines is 2. The lowest BCUT2D eigenvalue weighted by molar-refractivity contribution is -0.137. The first kappa shape index (κ1) is 35.5. The number of carbonyl (C=O) groups is 2. The Bertz CT molecular complexity index is 2020. The number of carbonyl (C=O) groups excluding carboxylic acids is 2. The van der Waals surface area contributed by atoms with Crippen LogP contribution in [0.25, 0.3) is 32.1 Å². The molecule has 2 aromatic carbocycles. The molecule has 2 aromatic heterocycles. The van der Waals surface area contributed by atoms with Crippen molar-refractivity contribution in [2.75, 3.05) is 23.3 Å². The van der Waals surface area contributed by atoms with Crippen LogP contribution in [0.1, 0.15) is 65.5 Å². The van der Waals surface area contributed by atoms with Gasteiger partial charge in [0.25, 0.3) is 0 Å². The number of hydrogen-bond acceptors (Lipinski definition) is 8. The second-order valence-corrected chi connectivity index (χ2v) is 15.5. The highest BCUT2D eigenvalue weighted by molar-refractivity contribution is 7.23. The van der Waals surface area contributed by atoms with Crippen LogP contribution >= 0.6 is 11.3 Å². The minimum absolute atomic E-state index is 0.0746. The van der Waals surface area contributed by atoms with E-state index in [0.717, 1.165) is 23.5 Å². The van der Waals surface area contributed by atoms with Crippen LogP contribution in [0.3, 0.4) is 0 Å². The molecule has 0 aliphatic carbocycles. The molecule has 16 heteroatoms. The minimum Gasteiger partial charge on any atom is -0.444 e. The average Bonchev–Trinajstić information content (AvgIpc) is 3.44. The van der Waals surface area contributed by atoms with Crippen molar-refractivity contribution in [2.45, 2.75) is 90.8 Å². The molecule has 2 amide bonds.